The van der Waals surface area contributed by atoms with Crippen molar-refractivity contribution < 1.29 is 18.0 Å². The number of carbonyl (C=O) groups excluding carboxylic acids is 1. The molecule has 1 saturated carbocycles. The smallest absolute Gasteiger partial charge is 0.248 e. The number of halogens is 3. The van der Waals surface area contributed by atoms with Crippen LogP contribution in [-0.2, 0) is 16.8 Å². The van der Waals surface area contributed by atoms with Gasteiger partial charge in [-0.1, -0.05) is 0 Å². The van der Waals surface area contributed by atoms with Gasteiger partial charge < -0.3 is 5.32 Å². The number of rotatable bonds is 3. The molecule has 0 aromatic carbocycles. The Kier molecular flexibility index (Phi) is 3.53. The second-order valence-corrected chi connectivity index (χ2v) is 8.10. The van der Waals surface area contributed by atoms with Crippen molar-refractivity contribution in [1.29, 1.82) is 0 Å². The van der Waals surface area contributed by atoms with Gasteiger partial charge in [-0.05, 0) is 25.8 Å². The Morgan fingerprint density at radius 3 is 2.76 bits per heavy atom. The summed E-state index contributed by atoms with van der Waals surface area (Å²) in [6.45, 7) is 3.65. The van der Waals surface area contributed by atoms with Crippen LogP contribution in [0.4, 0.5) is 19.0 Å². The first-order chi connectivity index (χ1) is 13.6. The van der Waals surface area contributed by atoms with Gasteiger partial charge in [0.25, 0.3) is 0 Å². The molecule has 29 heavy (non-hydrogen) atoms. The minimum atomic E-state index is -2.64. The van der Waals surface area contributed by atoms with Gasteiger partial charge >= 0.3 is 0 Å². The summed E-state index contributed by atoms with van der Waals surface area (Å²) in [4.78, 5) is 20.5. The van der Waals surface area contributed by atoms with E-state index in [9.17, 15) is 18.0 Å². The van der Waals surface area contributed by atoms with Gasteiger partial charge in [0, 0.05) is 19.4 Å². The van der Waals surface area contributed by atoms with Gasteiger partial charge in [0.1, 0.15) is 17.2 Å². The van der Waals surface area contributed by atoms with E-state index in [1.807, 2.05) is 0 Å². The number of anilines is 1. The van der Waals surface area contributed by atoms with E-state index in [4.69, 9.17) is 0 Å². The van der Waals surface area contributed by atoms with Gasteiger partial charge in [-0.25, -0.2) is 27.8 Å². The molecule has 0 atom stereocenters. The highest BCUT2D eigenvalue weighted by Crippen LogP contribution is 2.43. The lowest BCUT2D eigenvalue weighted by atomic mass is 9.81. The van der Waals surface area contributed by atoms with Gasteiger partial charge in [-0.2, -0.15) is 5.10 Å². The number of hydrogen-bond donors (Lipinski definition) is 1. The Labute approximate surface area is 162 Å². The van der Waals surface area contributed by atoms with Crippen LogP contribution in [0.25, 0.3) is 22.6 Å². The van der Waals surface area contributed by atoms with E-state index < -0.39 is 17.2 Å². The normalized spacial score (nSPS) is 19.8. The highest BCUT2D eigenvalue weighted by Gasteiger charge is 2.45. The second kappa shape index (κ2) is 5.71. The minimum absolute atomic E-state index is 0.0943. The third kappa shape index (κ3) is 2.75. The van der Waals surface area contributed by atoms with Gasteiger partial charge in [-0.3, -0.25) is 4.79 Å². The average Bonchev–Trinajstić information content (AvgIpc) is 3.08. The number of hydrogen-bond acceptors (Lipinski definition) is 6. The Morgan fingerprint density at radius 1 is 1.28 bits per heavy atom. The molecule has 0 bridgehead atoms. The summed E-state index contributed by atoms with van der Waals surface area (Å²) in [7, 11) is 0. The fourth-order valence-corrected chi connectivity index (χ4v) is 3.79. The second-order valence-electron chi connectivity index (χ2n) is 8.10. The van der Waals surface area contributed by atoms with Gasteiger partial charge in [0.2, 0.25) is 17.7 Å². The number of fused-ring (bicyclic) bond motifs is 2. The molecule has 1 N–H and O–H groups in total. The van der Waals surface area contributed by atoms with E-state index in [1.165, 1.54) is 10.7 Å². The Balaban J connectivity index is 1.58. The number of nitrogens with one attached hydrogen (secondary N) is 1. The zero-order valence-electron chi connectivity index (χ0n) is 15.6. The van der Waals surface area contributed by atoms with Crippen molar-refractivity contribution in [1.82, 2.24) is 29.9 Å². The fraction of sp³-hybridized carbons (Fsp3) is 0.444. The summed E-state index contributed by atoms with van der Waals surface area (Å²) in [5, 5.41) is 15.6. The first-order valence-electron chi connectivity index (χ1n) is 9.11. The van der Waals surface area contributed by atoms with Crippen LogP contribution < -0.4 is 5.32 Å². The number of carbonyl (C=O) groups is 1. The number of amides is 1. The molecule has 0 radical (unpaired) electrons. The van der Waals surface area contributed by atoms with E-state index in [0.29, 0.717) is 16.7 Å². The number of alkyl halides is 2. The summed E-state index contributed by atoms with van der Waals surface area (Å²) in [6, 6.07) is 1.25. The molecule has 3 aromatic rings. The Bertz CT molecular complexity index is 1170. The van der Waals surface area contributed by atoms with Crippen molar-refractivity contribution in [2.24, 2.45) is 5.92 Å². The molecule has 1 aliphatic carbocycles. The maximum atomic E-state index is 13.8. The first kappa shape index (κ1) is 18.0. The van der Waals surface area contributed by atoms with Crippen LogP contribution in [0.3, 0.4) is 0 Å². The van der Waals surface area contributed by atoms with E-state index in [2.05, 4.69) is 30.6 Å². The van der Waals surface area contributed by atoms with Crippen molar-refractivity contribution in [3.8, 4) is 11.5 Å². The van der Waals surface area contributed by atoms with Gasteiger partial charge in [0.05, 0.1) is 17.0 Å². The van der Waals surface area contributed by atoms with E-state index in [-0.39, 0.29) is 48.5 Å². The summed E-state index contributed by atoms with van der Waals surface area (Å²) in [5.41, 5.74) is 0.131. The first-order valence-corrected chi connectivity index (χ1v) is 9.11. The van der Waals surface area contributed by atoms with Gasteiger partial charge in [-0.15, -0.1) is 10.2 Å². The third-order valence-electron chi connectivity index (χ3n) is 5.45. The van der Waals surface area contributed by atoms with Crippen LogP contribution >= 0.6 is 0 Å². The molecular formula is C18H16F3N7O. The zero-order chi connectivity index (χ0) is 20.6. The molecule has 11 heteroatoms. The molecule has 2 aliphatic rings. The topological polar surface area (TPSA) is 98.5 Å². The molecule has 3 aromatic heterocycles. The molecule has 1 aliphatic heterocycles. The predicted octanol–water partition coefficient (Wildman–Crippen LogP) is 2.70. The van der Waals surface area contributed by atoms with Crippen LogP contribution in [-0.4, -0.2) is 41.8 Å². The summed E-state index contributed by atoms with van der Waals surface area (Å²) in [5.74, 6) is -3.34. The minimum Gasteiger partial charge on any atom is -0.308 e. The SMILES string of the molecule is CC1(C)C(=O)Nc2nc(-c3nn(CC4CC(F)(F)C4)c4ncc(F)cc34)nnc21. The van der Waals surface area contributed by atoms with Crippen molar-refractivity contribution in [3.05, 3.63) is 23.8 Å². The molecule has 0 saturated heterocycles. The molecule has 1 fully saturated rings. The number of nitrogens with zero attached hydrogens (tertiary/aromatic N) is 6. The van der Waals surface area contributed by atoms with E-state index in [1.54, 1.807) is 13.8 Å². The lowest BCUT2D eigenvalue weighted by molar-refractivity contribution is -0.119. The van der Waals surface area contributed by atoms with E-state index >= 15 is 0 Å². The molecule has 4 heterocycles. The quantitative estimate of drug-likeness (QED) is 0.722. The molecule has 8 nitrogen and oxygen atoms in total. The van der Waals surface area contributed by atoms with Crippen LogP contribution in [0, 0.1) is 11.7 Å². The highest BCUT2D eigenvalue weighted by molar-refractivity contribution is 6.04. The highest BCUT2D eigenvalue weighted by atomic mass is 19.3. The molecule has 5 rings (SSSR count). The maximum absolute atomic E-state index is 13.8. The van der Waals surface area contributed by atoms with Crippen molar-refractivity contribution in [2.45, 2.75) is 44.6 Å². The third-order valence-corrected chi connectivity index (χ3v) is 5.45. The van der Waals surface area contributed by atoms with Crippen molar-refractivity contribution in [3.63, 3.8) is 0 Å². The predicted molar refractivity (Wildman–Crippen MR) is 95.6 cm³/mol. The summed E-state index contributed by atoms with van der Waals surface area (Å²) >= 11 is 0. The zero-order valence-corrected chi connectivity index (χ0v) is 15.6. The maximum Gasteiger partial charge on any atom is 0.248 e. The van der Waals surface area contributed by atoms with Gasteiger partial charge in [0.15, 0.2) is 11.5 Å². The van der Waals surface area contributed by atoms with Crippen molar-refractivity contribution in [2.75, 3.05) is 5.32 Å². The lowest BCUT2D eigenvalue weighted by Crippen LogP contribution is -2.37. The van der Waals surface area contributed by atoms with Crippen LogP contribution in [0.5, 0.6) is 0 Å². The molecular weight excluding hydrogens is 387 g/mol. The number of aromatic nitrogens is 6. The van der Waals surface area contributed by atoms with Crippen LogP contribution in [0.15, 0.2) is 12.3 Å². The van der Waals surface area contributed by atoms with Crippen LogP contribution in [0.1, 0.15) is 32.4 Å². The van der Waals surface area contributed by atoms with Crippen LogP contribution in [0.2, 0.25) is 0 Å². The van der Waals surface area contributed by atoms with Crippen molar-refractivity contribution >= 4 is 22.8 Å². The average molecular weight is 403 g/mol. The molecule has 150 valence electrons. The number of pyridine rings is 1. The van der Waals surface area contributed by atoms with E-state index in [0.717, 1.165) is 6.20 Å². The summed E-state index contributed by atoms with van der Waals surface area (Å²) in [6.07, 6.45) is 0.607. The Morgan fingerprint density at radius 2 is 2.03 bits per heavy atom. The Hall–Kier alpha value is -3.11. The molecule has 1 amide bonds. The molecule has 0 spiro atoms. The largest absolute Gasteiger partial charge is 0.308 e. The fourth-order valence-electron chi connectivity index (χ4n) is 3.79. The summed E-state index contributed by atoms with van der Waals surface area (Å²) < 4.78 is 41.7. The standard InChI is InChI=1S/C18H16F3N7O/c1-17(2)12-14(24-16(17)29)23-13(26-25-12)11-10-3-9(19)6-22-15(10)28(27-11)7-8-4-18(20,21)5-8/h3,6,8H,4-5,7H2,1-2H3,(H,23,24,26,29). The molecule has 0 unspecified atom stereocenters. The lowest BCUT2D eigenvalue weighted by Gasteiger charge is -2.34. The monoisotopic (exact) mass is 403 g/mol.